The van der Waals surface area contributed by atoms with E-state index in [0.29, 0.717) is 0 Å². The third-order valence-corrected chi connectivity index (χ3v) is 4.86. The minimum absolute atomic E-state index is 0.794. The average Bonchev–Trinajstić information content (AvgIpc) is 2.39. The molecule has 1 saturated carbocycles. The van der Waals surface area contributed by atoms with Gasteiger partial charge in [-0.1, -0.05) is 33.1 Å². The summed E-state index contributed by atoms with van der Waals surface area (Å²) in [5.74, 6) is 1.69. The third-order valence-electron chi connectivity index (χ3n) is 4.86. The molecule has 0 bridgehead atoms. The summed E-state index contributed by atoms with van der Waals surface area (Å²) in [6.45, 7) is 10.0. The molecule has 0 aromatic heterocycles. The summed E-state index contributed by atoms with van der Waals surface area (Å²) in [6, 6.07) is 0.794. The van der Waals surface area contributed by atoms with Crippen molar-refractivity contribution in [2.24, 2.45) is 11.8 Å². The number of hydrogen-bond acceptors (Lipinski definition) is 2. The Morgan fingerprint density at radius 2 is 1.78 bits per heavy atom. The molecule has 2 nitrogen and oxygen atoms in total. The van der Waals surface area contributed by atoms with Gasteiger partial charge in [-0.25, -0.2) is 0 Å². The molecule has 1 aliphatic carbocycles. The maximum Gasteiger partial charge on any atom is 0.00928 e. The van der Waals surface area contributed by atoms with Crippen LogP contribution in [0.5, 0.6) is 0 Å². The van der Waals surface area contributed by atoms with Crippen LogP contribution in [-0.2, 0) is 0 Å². The first-order chi connectivity index (χ1) is 8.75. The van der Waals surface area contributed by atoms with Gasteiger partial charge in [0.2, 0.25) is 0 Å². The number of nitrogens with zero attached hydrogens (tertiary/aromatic N) is 1. The molecule has 0 aromatic carbocycles. The molecule has 3 atom stereocenters. The molecule has 0 radical (unpaired) electrons. The maximum atomic E-state index is 3.83. The van der Waals surface area contributed by atoms with E-state index < -0.39 is 0 Å². The third kappa shape index (κ3) is 4.55. The molecule has 3 unspecified atom stereocenters. The van der Waals surface area contributed by atoms with Gasteiger partial charge in [0, 0.05) is 12.6 Å². The van der Waals surface area contributed by atoms with Crippen LogP contribution in [-0.4, -0.2) is 37.1 Å². The first-order valence-corrected chi connectivity index (χ1v) is 8.21. The first-order valence-electron chi connectivity index (χ1n) is 8.21. The van der Waals surface area contributed by atoms with Crippen LogP contribution in [0, 0.1) is 11.8 Å². The van der Waals surface area contributed by atoms with Gasteiger partial charge in [-0.2, -0.15) is 0 Å². The number of piperidine rings is 1. The molecule has 0 amide bonds. The Kier molecular flexibility index (Phi) is 5.97. The van der Waals surface area contributed by atoms with Gasteiger partial charge in [-0.15, -0.1) is 0 Å². The van der Waals surface area contributed by atoms with Crippen LogP contribution in [0.4, 0.5) is 0 Å². The zero-order valence-corrected chi connectivity index (χ0v) is 12.5. The minimum atomic E-state index is 0.794. The molecule has 2 heteroatoms. The molecular weight excluding hydrogens is 220 g/mol. The number of nitrogens with one attached hydrogen (secondary N) is 1. The summed E-state index contributed by atoms with van der Waals surface area (Å²) in [4.78, 5) is 2.67. The molecule has 2 fully saturated rings. The van der Waals surface area contributed by atoms with Crippen molar-refractivity contribution in [3.05, 3.63) is 0 Å². The van der Waals surface area contributed by atoms with Gasteiger partial charge < -0.3 is 10.2 Å². The lowest BCUT2D eigenvalue weighted by atomic mass is 9.86. The summed E-state index contributed by atoms with van der Waals surface area (Å²) in [7, 11) is 0. The molecule has 1 aliphatic heterocycles. The van der Waals surface area contributed by atoms with Crippen molar-refractivity contribution in [1.29, 1.82) is 0 Å². The Balaban J connectivity index is 1.62. The molecule has 1 saturated heterocycles. The van der Waals surface area contributed by atoms with Crippen LogP contribution in [0.15, 0.2) is 0 Å². The van der Waals surface area contributed by atoms with Crippen LogP contribution in [0.1, 0.15) is 58.8 Å². The normalized spacial score (nSPS) is 32.3. The lowest BCUT2D eigenvalue weighted by molar-refractivity contribution is 0.190. The fourth-order valence-corrected chi connectivity index (χ4v) is 3.62. The van der Waals surface area contributed by atoms with E-state index in [2.05, 4.69) is 24.1 Å². The van der Waals surface area contributed by atoms with Crippen molar-refractivity contribution < 1.29 is 0 Å². The van der Waals surface area contributed by atoms with E-state index in [1.165, 1.54) is 71.1 Å². The monoisotopic (exact) mass is 252 g/mol. The highest BCUT2D eigenvalue weighted by Gasteiger charge is 2.21. The molecular formula is C16H32N2. The van der Waals surface area contributed by atoms with Crippen LogP contribution in [0.25, 0.3) is 0 Å². The molecule has 18 heavy (non-hydrogen) atoms. The highest BCUT2D eigenvalue weighted by Crippen LogP contribution is 2.23. The smallest absolute Gasteiger partial charge is 0.00928 e. The molecule has 1 N–H and O–H groups in total. The Labute approximate surface area is 114 Å². The summed E-state index contributed by atoms with van der Waals surface area (Å²) in [6.07, 6.45) is 9.99. The van der Waals surface area contributed by atoms with Crippen LogP contribution < -0.4 is 5.32 Å². The van der Waals surface area contributed by atoms with Crippen LogP contribution in [0.2, 0.25) is 0 Å². The number of likely N-dealkylation sites (tertiary alicyclic amines) is 1. The number of hydrogen-bond donors (Lipinski definition) is 1. The maximum absolute atomic E-state index is 3.83. The fraction of sp³-hybridized carbons (Fsp3) is 1.00. The predicted octanol–water partition coefficient (Wildman–Crippen LogP) is 3.28. The van der Waals surface area contributed by atoms with E-state index in [9.17, 15) is 0 Å². The van der Waals surface area contributed by atoms with Gasteiger partial charge in [0.15, 0.2) is 0 Å². The molecule has 2 rings (SSSR count). The SMILES string of the molecule is CC(CNC1CCCCC1C)CN1CCCCC1. The molecule has 0 aromatic rings. The highest BCUT2D eigenvalue weighted by atomic mass is 15.1. The average molecular weight is 252 g/mol. The van der Waals surface area contributed by atoms with Crippen molar-refractivity contribution in [2.75, 3.05) is 26.2 Å². The van der Waals surface area contributed by atoms with Crippen molar-refractivity contribution in [2.45, 2.75) is 64.8 Å². The zero-order chi connectivity index (χ0) is 12.8. The summed E-state index contributed by atoms with van der Waals surface area (Å²) in [5.41, 5.74) is 0. The van der Waals surface area contributed by atoms with Crippen molar-refractivity contribution >= 4 is 0 Å². The lowest BCUT2D eigenvalue weighted by Crippen LogP contribution is -2.42. The van der Waals surface area contributed by atoms with Crippen molar-refractivity contribution in [3.63, 3.8) is 0 Å². The molecule has 2 aliphatic rings. The van der Waals surface area contributed by atoms with Gasteiger partial charge >= 0.3 is 0 Å². The Hall–Kier alpha value is -0.0800. The van der Waals surface area contributed by atoms with E-state index in [-0.39, 0.29) is 0 Å². The summed E-state index contributed by atoms with van der Waals surface area (Å²) >= 11 is 0. The molecule has 1 heterocycles. The van der Waals surface area contributed by atoms with Gasteiger partial charge in [-0.05, 0) is 57.2 Å². The molecule has 106 valence electrons. The second kappa shape index (κ2) is 7.49. The zero-order valence-electron chi connectivity index (χ0n) is 12.5. The van der Waals surface area contributed by atoms with Gasteiger partial charge in [0.05, 0.1) is 0 Å². The van der Waals surface area contributed by atoms with E-state index in [1.807, 2.05) is 0 Å². The largest absolute Gasteiger partial charge is 0.313 e. The lowest BCUT2D eigenvalue weighted by Gasteiger charge is -2.33. The topological polar surface area (TPSA) is 15.3 Å². The fourth-order valence-electron chi connectivity index (χ4n) is 3.62. The van der Waals surface area contributed by atoms with E-state index in [0.717, 1.165) is 17.9 Å². The van der Waals surface area contributed by atoms with E-state index in [1.54, 1.807) is 0 Å². The number of rotatable bonds is 5. The predicted molar refractivity (Wildman–Crippen MR) is 78.9 cm³/mol. The quantitative estimate of drug-likeness (QED) is 0.808. The highest BCUT2D eigenvalue weighted by molar-refractivity contribution is 4.79. The Morgan fingerprint density at radius 1 is 1.06 bits per heavy atom. The standard InChI is InChI=1S/C16H32N2/c1-14(13-18-10-6-3-7-11-18)12-17-16-9-5-4-8-15(16)2/h14-17H,3-13H2,1-2H3. The first kappa shape index (κ1) is 14.3. The Morgan fingerprint density at radius 3 is 2.50 bits per heavy atom. The van der Waals surface area contributed by atoms with E-state index in [4.69, 9.17) is 0 Å². The Bertz CT molecular complexity index is 223. The van der Waals surface area contributed by atoms with Gasteiger partial charge in [0.25, 0.3) is 0 Å². The van der Waals surface area contributed by atoms with Crippen molar-refractivity contribution in [1.82, 2.24) is 10.2 Å². The summed E-state index contributed by atoms with van der Waals surface area (Å²) in [5, 5.41) is 3.83. The van der Waals surface area contributed by atoms with Crippen LogP contribution in [0.3, 0.4) is 0 Å². The summed E-state index contributed by atoms with van der Waals surface area (Å²) < 4.78 is 0. The van der Waals surface area contributed by atoms with Gasteiger partial charge in [0.1, 0.15) is 0 Å². The van der Waals surface area contributed by atoms with Gasteiger partial charge in [-0.3, -0.25) is 0 Å². The molecule has 0 spiro atoms. The second-order valence-electron chi connectivity index (χ2n) is 6.74. The second-order valence-corrected chi connectivity index (χ2v) is 6.74. The van der Waals surface area contributed by atoms with Crippen LogP contribution >= 0.6 is 0 Å². The van der Waals surface area contributed by atoms with Crippen molar-refractivity contribution in [3.8, 4) is 0 Å². The van der Waals surface area contributed by atoms with E-state index >= 15 is 0 Å². The minimum Gasteiger partial charge on any atom is -0.313 e.